The normalized spacial score (nSPS) is 19.6. The van der Waals surface area contributed by atoms with Crippen LogP contribution in [0.5, 0.6) is 0 Å². The van der Waals surface area contributed by atoms with Gasteiger partial charge in [-0.25, -0.2) is 9.97 Å². The van der Waals surface area contributed by atoms with E-state index in [2.05, 4.69) is 41.7 Å². The number of hydrogen-bond acceptors (Lipinski definition) is 10. The summed E-state index contributed by atoms with van der Waals surface area (Å²) in [6.07, 6.45) is 8.81. The highest BCUT2D eigenvalue weighted by Crippen LogP contribution is 2.48. The number of hydrogen-bond donors (Lipinski definition) is 0. The lowest BCUT2D eigenvalue weighted by atomic mass is 10.1. The molecule has 0 aromatic carbocycles. The predicted octanol–water partition coefficient (Wildman–Crippen LogP) is 6.27. The van der Waals surface area contributed by atoms with Gasteiger partial charge in [-0.05, 0) is 92.5 Å². The van der Waals surface area contributed by atoms with Gasteiger partial charge in [0.25, 0.3) is 11.8 Å². The summed E-state index contributed by atoms with van der Waals surface area (Å²) in [5, 5.41) is 17.1. The van der Waals surface area contributed by atoms with Crippen LogP contribution < -0.4 is 9.80 Å². The molecule has 8 heterocycles. The van der Waals surface area contributed by atoms with Crippen LogP contribution in [-0.4, -0.2) is 51.3 Å². The number of amides is 2. The second-order valence-corrected chi connectivity index (χ2v) is 15.7. The minimum absolute atomic E-state index is 0.00629. The summed E-state index contributed by atoms with van der Waals surface area (Å²) in [7, 11) is 0. The zero-order valence-electron chi connectivity index (χ0n) is 26.6. The Balaban J connectivity index is 0.793. The molecular weight excluding hydrogens is 657 g/mol. The molecular formula is C35H30N10O2S2. The van der Waals surface area contributed by atoms with E-state index < -0.39 is 0 Å². The SMILES string of the molecule is Cc1cc2c(s1)C(=O)N(c1cccc(-c3nncn3C3CC3CCc3cc4c(s3)C(=O)N(c3cccc(-c5nncn5C5CC5)n3)C4)n1)C2. The first-order valence-electron chi connectivity index (χ1n) is 16.6. The molecule has 4 aliphatic rings. The molecule has 2 fully saturated rings. The van der Waals surface area contributed by atoms with Crippen LogP contribution in [0.3, 0.4) is 0 Å². The van der Waals surface area contributed by atoms with Crippen molar-refractivity contribution in [2.75, 3.05) is 9.80 Å². The van der Waals surface area contributed by atoms with Crippen LogP contribution in [-0.2, 0) is 19.5 Å². The molecule has 6 aromatic rings. The fraction of sp³-hybridized carbons (Fsp3) is 0.314. The maximum absolute atomic E-state index is 13.5. The summed E-state index contributed by atoms with van der Waals surface area (Å²) in [4.78, 5) is 43.8. The van der Waals surface area contributed by atoms with Crippen molar-refractivity contribution in [3.63, 3.8) is 0 Å². The number of aromatic nitrogens is 8. The number of thiophene rings is 2. The van der Waals surface area contributed by atoms with E-state index in [9.17, 15) is 9.59 Å². The molecule has 244 valence electrons. The van der Waals surface area contributed by atoms with Gasteiger partial charge in [-0.3, -0.25) is 19.4 Å². The second kappa shape index (κ2) is 11.0. The minimum Gasteiger partial charge on any atom is -0.309 e. The second-order valence-electron chi connectivity index (χ2n) is 13.3. The quantitative estimate of drug-likeness (QED) is 0.174. The van der Waals surface area contributed by atoms with Crippen molar-refractivity contribution >= 4 is 46.1 Å². The molecule has 6 aromatic heterocycles. The van der Waals surface area contributed by atoms with Gasteiger partial charge in [0, 0.05) is 21.8 Å². The lowest BCUT2D eigenvalue weighted by molar-refractivity contribution is 0.0991. The number of nitrogens with zero attached hydrogens (tertiary/aromatic N) is 10. The van der Waals surface area contributed by atoms with Crippen molar-refractivity contribution in [3.8, 4) is 23.0 Å². The maximum atomic E-state index is 13.5. The Morgan fingerprint density at radius 3 is 2.02 bits per heavy atom. The van der Waals surface area contributed by atoms with Crippen LogP contribution in [0.1, 0.15) is 78.0 Å². The first-order chi connectivity index (χ1) is 24.0. The topological polar surface area (TPSA) is 128 Å². The molecule has 2 saturated carbocycles. The third-order valence-electron chi connectivity index (χ3n) is 9.90. The van der Waals surface area contributed by atoms with Crippen LogP contribution in [0.4, 0.5) is 11.6 Å². The predicted molar refractivity (Wildman–Crippen MR) is 185 cm³/mol. The molecule has 0 bridgehead atoms. The molecule has 0 saturated heterocycles. The Morgan fingerprint density at radius 1 is 0.776 bits per heavy atom. The summed E-state index contributed by atoms with van der Waals surface area (Å²) in [6, 6.07) is 16.5. The molecule has 0 spiro atoms. The average Bonchev–Trinajstić information content (AvgIpc) is 3.65. The Bertz CT molecular complexity index is 2300. The monoisotopic (exact) mass is 686 g/mol. The van der Waals surface area contributed by atoms with Gasteiger partial charge in [-0.15, -0.1) is 43.1 Å². The van der Waals surface area contributed by atoms with Crippen molar-refractivity contribution in [1.82, 2.24) is 39.5 Å². The van der Waals surface area contributed by atoms with Crippen LogP contribution in [0.15, 0.2) is 61.2 Å². The number of anilines is 2. The van der Waals surface area contributed by atoms with Gasteiger partial charge < -0.3 is 9.13 Å². The highest BCUT2D eigenvalue weighted by Gasteiger charge is 2.41. The van der Waals surface area contributed by atoms with Gasteiger partial charge in [-0.2, -0.15) is 0 Å². The molecule has 10 rings (SSSR count). The van der Waals surface area contributed by atoms with E-state index in [0.29, 0.717) is 48.4 Å². The van der Waals surface area contributed by atoms with Gasteiger partial charge in [-0.1, -0.05) is 12.1 Å². The minimum atomic E-state index is 0.00629. The largest absolute Gasteiger partial charge is 0.309 e. The van der Waals surface area contributed by atoms with Gasteiger partial charge in [0.05, 0.1) is 22.8 Å². The lowest BCUT2D eigenvalue weighted by Crippen LogP contribution is -2.24. The van der Waals surface area contributed by atoms with Crippen molar-refractivity contribution in [1.29, 1.82) is 0 Å². The van der Waals surface area contributed by atoms with E-state index in [1.54, 1.807) is 45.1 Å². The van der Waals surface area contributed by atoms with Gasteiger partial charge in [0.2, 0.25) is 0 Å². The molecule has 0 radical (unpaired) electrons. The number of aryl methyl sites for hydroxylation is 2. The Hall–Kier alpha value is -5.08. The third-order valence-corrected chi connectivity index (χ3v) is 12.2. The summed E-state index contributed by atoms with van der Waals surface area (Å²) in [6.45, 7) is 3.09. The van der Waals surface area contributed by atoms with Crippen molar-refractivity contribution < 1.29 is 9.59 Å². The Morgan fingerprint density at radius 2 is 1.39 bits per heavy atom. The fourth-order valence-corrected chi connectivity index (χ4v) is 9.30. The Kier molecular flexibility index (Phi) is 6.47. The van der Waals surface area contributed by atoms with E-state index in [-0.39, 0.29) is 11.8 Å². The number of pyridine rings is 2. The van der Waals surface area contributed by atoms with Gasteiger partial charge in [0.1, 0.15) is 35.7 Å². The first-order valence-corrected chi connectivity index (χ1v) is 18.2. The molecule has 2 atom stereocenters. The van der Waals surface area contributed by atoms with Crippen LogP contribution in [0, 0.1) is 12.8 Å². The van der Waals surface area contributed by atoms with Crippen LogP contribution in [0.25, 0.3) is 23.0 Å². The van der Waals surface area contributed by atoms with E-state index in [1.807, 2.05) is 43.3 Å². The smallest absolute Gasteiger partial charge is 0.270 e. The first kappa shape index (κ1) is 28.9. The molecule has 14 heteroatoms. The van der Waals surface area contributed by atoms with Gasteiger partial charge >= 0.3 is 0 Å². The van der Waals surface area contributed by atoms with E-state index in [0.717, 1.165) is 75.2 Å². The number of carbonyl (C=O) groups is 2. The van der Waals surface area contributed by atoms with E-state index in [1.165, 1.54) is 4.88 Å². The highest BCUT2D eigenvalue weighted by molar-refractivity contribution is 7.14. The molecule has 12 nitrogen and oxygen atoms in total. The number of rotatable bonds is 9. The van der Waals surface area contributed by atoms with E-state index >= 15 is 0 Å². The van der Waals surface area contributed by atoms with E-state index in [4.69, 9.17) is 9.97 Å². The zero-order valence-corrected chi connectivity index (χ0v) is 28.2. The lowest BCUT2D eigenvalue weighted by Gasteiger charge is -2.16. The summed E-state index contributed by atoms with van der Waals surface area (Å²) < 4.78 is 4.22. The summed E-state index contributed by atoms with van der Waals surface area (Å²) in [5.41, 5.74) is 3.58. The molecule has 2 amide bonds. The van der Waals surface area contributed by atoms with Crippen molar-refractivity contribution in [3.05, 3.63) is 91.8 Å². The standard InChI is InChI=1S/C35H30N10O2S2/c1-19-12-21-15-42(34(46)30(21)48-19)29-7-3-5-26(39-29)33-41-37-18-45(33)27-14-20(27)8-11-24-13-22-16-43(35(47)31(22)49-24)28-6-2-4-25(38-28)32-40-36-17-44(32)23-9-10-23/h2-7,12-13,17-18,20,23,27H,8-11,14-16H2,1H3. The zero-order chi connectivity index (χ0) is 32.8. The molecule has 2 aliphatic heterocycles. The average molecular weight is 687 g/mol. The molecule has 2 aliphatic carbocycles. The highest BCUT2D eigenvalue weighted by atomic mass is 32.1. The van der Waals surface area contributed by atoms with Crippen LogP contribution in [0.2, 0.25) is 0 Å². The number of fused-ring (bicyclic) bond motifs is 2. The number of carbonyl (C=O) groups excluding carboxylic acids is 2. The molecule has 49 heavy (non-hydrogen) atoms. The summed E-state index contributed by atoms with van der Waals surface area (Å²) in [5.74, 6) is 3.25. The fourth-order valence-electron chi connectivity index (χ4n) is 7.19. The van der Waals surface area contributed by atoms with Crippen LogP contribution >= 0.6 is 22.7 Å². The van der Waals surface area contributed by atoms with Crippen molar-refractivity contribution in [2.45, 2.75) is 64.2 Å². The molecule has 0 N–H and O–H groups in total. The Labute approximate surface area is 289 Å². The van der Waals surface area contributed by atoms with Gasteiger partial charge in [0.15, 0.2) is 11.6 Å². The molecule has 2 unspecified atom stereocenters. The third kappa shape index (κ3) is 4.92. The van der Waals surface area contributed by atoms with Crippen molar-refractivity contribution in [2.24, 2.45) is 5.92 Å². The maximum Gasteiger partial charge on any atom is 0.270 e. The summed E-state index contributed by atoms with van der Waals surface area (Å²) >= 11 is 3.15.